The van der Waals surface area contributed by atoms with E-state index in [1.54, 1.807) is 18.2 Å². The number of aromatic nitrogens is 1. The zero-order valence-corrected chi connectivity index (χ0v) is 12.5. The maximum absolute atomic E-state index is 12.5. The van der Waals surface area contributed by atoms with Crippen LogP contribution in [0.15, 0.2) is 18.2 Å². The zero-order chi connectivity index (χ0) is 15.9. The molecular weight excluding hydrogens is 290 g/mol. The van der Waals surface area contributed by atoms with Crippen LogP contribution >= 0.6 is 0 Å². The van der Waals surface area contributed by atoms with Crippen LogP contribution in [-0.2, 0) is 13.0 Å². The van der Waals surface area contributed by atoms with Crippen molar-refractivity contribution >= 4 is 16.8 Å². The minimum Gasteiger partial charge on any atom is -0.435 e. The summed E-state index contributed by atoms with van der Waals surface area (Å²) in [6, 6.07) is 4.98. The smallest absolute Gasteiger partial charge is 0.387 e. The van der Waals surface area contributed by atoms with Crippen molar-refractivity contribution in [2.45, 2.75) is 33.4 Å². The van der Waals surface area contributed by atoms with Crippen molar-refractivity contribution in [1.82, 2.24) is 9.88 Å². The molecule has 6 heteroatoms. The first-order valence-electron chi connectivity index (χ1n) is 7.35. The Labute approximate surface area is 127 Å². The van der Waals surface area contributed by atoms with Crippen molar-refractivity contribution in [2.24, 2.45) is 5.92 Å². The first-order chi connectivity index (χ1) is 10.5. The Morgan fingerprint density at radius 3 is 2.77 bits per heavy atom. The fourth-order valence-electron chi connectivity index (χ4n) is 3.03. The molecule has 0 fully saturated rings. The van der Waals surface area contributed by atoms with Gasteiger partial charge in [0, 0.05) is 18.5 Å². The lowest BCUT2D eigenvalue weighted by Gasteiger charge is -2.19. The number of carbonyl (C=O) groups is 1. The van der Waals surface area contributed by atoms with Crippen LogP contribution < -0.4 is 10.1 Å². The highest BCUT2D eigenvalue weighted by Gasteiger charge is 2.22. The number of fused-ring (bicyclic) bond motifs is 3. The summed E-state index contributed by atoms with van der Waals surface area (Å²) in [6.07, 6.45) is 0.738. The van der Waals surface area contributed by atoms with E-state index in [2.05, 4.69) is 23.9 Å². The lowest BCUT2D eigenvalue weighted by molar-refractivity contribution is -0.0497. The van der Waals surface area contributed by atoms with Gasteiger partial charge in [0.15, 0.2) is 0 Å². The first kappa shape index (κ1) is 14.8. The van der Waals surface area contributed by atoms with Crippen LogP contribution in [0, 0.1) is 5.92 Å². The second-order valence-corrected chi connectivity index (χ2v) is 5.93. The van der Waals surface area contributed by atoms with E-state index in [1.165, 1.54) is 0 Å². The molecule has 0 unspecified atom stereocenters. The van der Waals surface area contributed by atoms with Gasteiger partial charge in [-0.15, -0.1) is 0 Å². The van der Waals surface area contributed by atoms with E-state index in [9.17, 15) is 13.6 Å². The molecule has 1 aliphatic heterocycles. The van der Waals surface area contributed by atoms with Crippen molar-refractivity contribution in [3.63, 3.8) is 0 Å². The van der Waals surface area contributed by atoms with Crippen LogP contribution in [0.25, 0.3) is 10.9 Å². The predicted molar refractivity (Wildman–Crippen MR) is 79.4 cm³/mol. The maximum Gasteiger partial charge on any atom is 0.387 e. The van der Waals surface area contributed by atoms with Crippen LogP contribution in [0.1, 0.15) is 29.9 Å². The average molecular weight is 308 g/mol. The van der Waals surface area contributed by atoms with E-state index >= 15 is 0 Å². The van der Waals surface area contributed by atoms with E-state index in [1.807, 2.05) is 4.57 Å². The number of ether oxygens (including phenoxy) is 1. The van der Waals surface area contributed by atoms with Crippen molar-refractivity contribution in [2.75, 3.05) is 6.54 Å². The number of alkyl halides is 2. The molecule has 0 saturated heterocycles. The topological polar surface area (TPSA) is 43.3 Å². The number of carbonyl (C=O) groups excluding carboxylic acids is 1. The van der Waals surface area contributed by atoms with E-state index in [0.29, 0.717) is 24.7 Å². The number of hydrogen-bond donors (Lipinski definition) is 1. The van der Waals surface area contributed by atoms with Gasteiger partial charge in [-0.25, -0.2) is 0 Å². The van der Waals surface area contributed by atoms with Gasteiger partial charge in [0.05, 0.1) is 5.52 Å². The number of halogens is 2. The van der Waals surface area contributed by atoms with Crippen LogP contribution in [0.2, 0.25) is 0 Å². The van der Waals surface area contributed by atoms with Gasteiger partial charge >= 0.3 is 6.61 Å². The number of nitrogens with one attached hydrogen (secondary N) is 1. The Morgan fingerprint density at radius 1 is 1.32 bits per heavy atom. The lowest BCUT2D eigenvalue weighted by atomic mass is 10.0. The molecule has 0 atom stereocenters. The van der Waals surface area contributed by atoms with Crippen molar-refractivity contribution < 1.29 is 18.3 Å². The van der Waals surface area contributed by atoms with Gasteiger partial charge in [-0.3, -0.25) is 4.79 Å². The highest BCUT2D eigenvalue weighted by molar-refractivity contribution is 6.00. The monoisotopic (exact) mass is 308 g/mol. The van der Waals surface area contributed by atoms with Crippen molar-refractivity contribution in [1.29, 1.82) is 0 Å². The number of amides is 1. The van der Waals surface area contributed by atoms with E-state index < -0.39 is 6.61 Å². The predicted octanol–water partition coefficient (Wildman–Crippen LogP) is 3.18. The molecule has 1 aromatic heterocycles. The van der Waals surface area contributed by atoms with Crippen LogP contribution in [0.4, 0.5) is 8.78 Å². The summed E-state index contributed by atoms with van der Waals surface area (Å²) < 4.78 is 31.6. The Kier molecular flexibility index (Phi) is 3.76. The molecule has 2 aromatic rings. The van der Waals surface area contributed by atoms with Gasteiger partial charge < -0.3 is 14.6 Å². The van der Waals surface area contributed by atoms with Crippen LogP contribution in [-0.4, -0.2) is 23.6 Å². The summed E-state index contributed by atoms with van der Waals surface area (Å²) >= 11 is 0. The SMILES string of the molecule is CC(C)Cc1cc(OC(F)F)cc2cc3n(c12)CCNC3=O. The lowest BCUT2D eigenvalue weighted by Crippen LogP contribution is -2.35. The van der Waals surface area contributed by atoms with E-state index in [4.69, 9.17) is 0 Å². The first-order valence-corrected chi connectivity index (χ1v) is 7.35. The summed E-state index contributed by atoms with van der Waals surface area (Å²) in [6.45, 7) is 2.54. The maximum atomic E-state index is 12.5. The van der Waals surface area contributed by atoms with Gasteiger partial charge in [-0.05, 0) is 36.1 Å². The van der Waals surface area contributed by atoms with Gasteiger partial charge in [0.1, 0.15) is 11.4 Å². The van der Waals surface area contributed by atoms with Gasteiger partial charge in [0.2, 0.25) is 0 Å². The number of hydrogen-bond acceptors (Lipinski definition) is 2. The molecule has 1 N–H and O–H groups in total. The van der Waals surface area contributed by atoms with E-state index in [0.717, 1.165) is 22.9 Å². The minimum atomic E-state index is -2.86. The molecule has 3 rings (SSSR count). The normalized spacial score (nSPS) is 14.5. The Balaban J connectivity index is 2.19. The Morgan fingerprint density at radius 2 is 2.09 bits per heavy atom. The molecule has 0 spiro atoms. The van der Waals surface area contributed by atoms with Gasteiger partial charge in [-0.2, -0.15) is 8.78 Å². The molecule has 2 heterocycles. The molecule has 0 bridgehead atoms. The fourth-order valence-corrected chi connectivity index (χ4v) is 3.03. The summed E-state index contributed by atoms with van der Waals surface area (Å²) in [4.78, 5) is 12.0. The largest absolute Gasteiger partial charge is 0.435 e. The average Bonchev–Trinajstić information content (AvgIpc) is 2.77. The minimum absolute atomic E-state index is 0.130. The highest BCUT2D eigenvalue weighted by atomic mass is 19.3. The summed E-state index contributed by atoms with van der Waals surface area (Å²) in [5, 5.41) is 3.56. The second-order valence-electron chi connectivity index (χ2n) is 5.93. The highest BCUT2D eigenvalue weighted by Crippen LogP contribution is 2.31. The standard InChI is InChI=1S/C16H18F2N2O2/c1-9(2)5-10-6-12(22-16(17)18)7-11-8-13-15(21)19-3-4-20(13)14(10)11/h6-9,16H,3-5H2,1-2H3,(H,19,21). The molecule has 1 aliphatic rings. The molecule has 0 aliphatic carbocycles. The number of nitrogens with zero attached hydrogens (tertiary/aromatic N) is 1. The second kappa shape index (κ2) is 5.59. The van der Waals surface area contributed by atoms with Crippen molar-refractivity contribution in [3.05, 3.63) is 29.5 Å². The Bertz CT molecular complexity index is 722. The van der Waals surface area contributed by atoms with E-state index in [-0.39, 0.29) is 11.7 Å². The molecule has 1 aromatic carbocycles. The summed E-state index contributed by atoms with van der Waals surface area (Å²) in [5.41, 5.74) is 2.45. The summed E-state index contributed by atoms with van der Waals surface area (Å²) in [7, 11) is 0. The fraction of sp³-hybridized carbons (Fsp3) is 0.438. The van der Waals surface area contributed by atoms with Crippen LogP contribution in [0.5, 0.6) is 5.75 Å². The molecule has 22 heavy (non-hydrogen) atoms. The van der Waals surface area contributed by atoms with Crippen molar-refractivity contribution in [3.8, 4) is 5.75 Å². The zero-order valence-electron chi connectivity index (χ0n) is 12.5. The number of rotatable bonds is 4. The molecule has 118 valence electrons. The molecule has 0 saturated carbocycles. The molecule has 1 amide bonds. The quantitative estimate of drug-likeness (QED) is 0.942. The van der Waals surface area contributed by atoms with Gasteiger partial charge in [0.25, 0.3) is 5.91 Å². The third kappa shape index (κ3) is 2.65. The third-order valence-corrected chi connectivity index (χ3v) is 3.75. The van der Waals surface area contributed by atoms with Gasteiger partial charge in [-0.1, -0.05) is 13.8 Å². The number of benzene rings is 1. The molecule has 4 nitrogen and oxygen atoms in total. The third-order valence-electron chi connectivity index (χ3n) is 3.75. The van der Waals surface area contributed by atoms with Crippen LogP contribution in [0.3, 0.4) is 0 Å². The molecular formula is C16H18F2N2O2. The summed E-state index contributed by atoms with van der Waals surface area (Å²) in [5.74, 6) is 0.379. The Hall–Kier alpha value is -2.11. The molecule has 0 radical (unpaired) electrons.